The molecule has 1 saturated heterocycles. The molecule has 0 aromatic carbocycles. The first-order valence-corrected chi connectivity index (χ1v) is 10.9. The van der Waals surface area contributed by atoms with Gasteiger partial charge in [-0.1, -0.05) is 89.7 Å². The molecule has 25 heavy (non-hydrogen) atoms. The minimum Gasteiger partial charge on any atom is -0.355 e. The Balaban J connectivity index is 1.86. The fourth-order valence-corrected chi connectivity index (χ4v) is 3.56. The van der Waals surface area contributed by atoms with Gasteiger partial charge in [0.25, 0.3) is 0 Å². The lowest BCUT2D eigenvalue weighted by Crippen LogP contribution is -2.44. The van der Waals surface area contributed by atoms with E-state index in [2.05, 4.69) is 24.1 Å². The van der Waals surface area contributed by atoms with Gasteiger partial charge < -0.3 is 10.6 Å². The maximum atomic E-state index is 12.2. The maximum Gasteiger partial charge on any atom is 0.237 e. The van der Waals surface area contributed by atoms with Gasteiger partial charge in [-0.05, 0) is 32.2 Å². The van der Waals surface area contributed by atoms with E-state index in [0.29, 0.717) is 0 Å². The third kappa shape index (κ3) is 12.2. The van der Waals surface area contributed by atoms with Gasteiger partial charge in [-0.25, -0.2) is 0 Å². The average Bonchev–Trinajstić information content (AvgIpc) is 2.83. The Hall–Kier alpha value is -0.830. The van der Waals surface area contributed by atoms with Crippen molar-refractivity contribution in [3.63, 3.8) is 0 Å². The number of hydrogen-bond acceptors (Lipinski definition) is 2. The molecule has 1 aliphatic rings. The van der Waals surface area contributed by atoms with Gasteiger partial charge in [-0.3, -0.25) is 4.79 Å². The van der Waals surface area contributed by atoms with Crippen molar-refractivity contribution in [2.45, 2.75) is 109 Å². The highest BCUT2D eigenvalue weighted by Gasteiger charge is 2.20. The molecule has 1 aliphatic heterocycles. The molecule has 0 radical (unpaired) electrons. The Morgan fingerprint density at radius 3 is 2.16 bits per heavy atom. The van der Waals surface area contributed by atoms with Crippen molar-refractivity contribution in [1.29, 1.82) is 0 Å². The molecule has 3 heteroatoms. The zero-order valence-corrected chi connectivity index (χ0v) is 16.7. The van der Waals surface area contributed by atoms with Crippen molar-refractivity contribution in [3.8, 4) is 0 Å². The Kier molecular flexibility index (Phi) is 13.7. The van der Waals surface area contributed by atoms with Crippen LogP contribution in [-0.2, 0) is 4.79 Å². The molecule has 0 spiro atoms. The van der Waals surface area contributed by atoms with Crippen LogP contribution in [0, 0.1) is 0 Å². The molecule has 0 saturated carbocycles. The van der Waals surface area contributed by atoms with Crippen LogP contribution in [-0.4, -0.2) is 25.0 Å². The molecule has 0 aromatic heterocycles. The number of rotatable bonds is 14. The first-order valence-electron chi connectivity index (χ1n) is 10.9. The van der Waals surface area contributed by atoms with E-state index in [1.807, 2.05) is 0 Å². The van der Waals surface area contributed by atoms with E-state index in [-0.39, 0.29) is 11.9 Å². The van der Waals surface area contributed by atoms with Crippen molar-refractivity contribution in [2.75, 3.05) is 13.1 Å². The van der Waals surface area contributed by atoms with Crippen LogP contribution in [0.1, 0.15) is 103 Å². The van der Waals surface area contributed by atoms with Crippen LogP contribution in [0.4, 0.5) is 0 Å². The molecular weight excluding hydrogens is 308 g/mol. The van der Waals surface area contributed by atoms with Crippen LogP contribution >= 0.6 is 0 Å². The normalized spacial score (nSPS) is 18.1. The van der Waals surface area contributed by atoms with Gasteiger partial charge in [-0.2, -0.15) is 0 Å². The van der Waals surface area contributed by atoms with Crippen LogP contribution in [0.15, 0.2) is 12.2 Å². The van der Waals surface area contributed by atoms with E-state index in [0.717, 1.165) is 38.8 Å². The van der Waals surface area contributed by atoms with Crippen molar-refractivity contribution in [2.24, 2.45) is 0 Å². The largest absolute Gasteiger partial charge is 0.355 e. The second kappa shape index (κ2) is 15.4. The van der Waals surface area contributed by atoms with Crippen LogP contribution in [0.2, 0.25) is 0 Å². The zero-order valence-electron chi connectivity index (χ0n) is 16.7. The summed E-state index contributed by atoms with van der Waals surface area (Å²) in [6.07, 6.45) is 19.2. The summed E-state index contributed by atoms with van der Waals surface area (Å²) < 4.78 is 0. The molecule has 1 heterocycles. The standard InChI is InChI=1S/C22H42N2O/c1-3-4-5-6-7-8-9-10-11-12-13-14-17-24-22(25)21-19-20(2)16-15-18-23-21/h21,23H,2-19H2,1H3,(H,24,25). The summed E-state index contributed by atoms with van der Waals surface area (Å²) >= 11 is 0. The summed E-state index contributed by atoms with van der Waals surface area (Å²) in [7, 11) is 0. The topological polar surface area (TPSA) is 41.1 Å². The summed E-state index contributed by atoms with van der Waals surface area (Å²) in [4.78, 5) is 12.2. The molecule has 0 aromatic rings. The van der Waals surface area contributed by atoms with Crippen molar-refractivity contribution in [1.82, 2.24) is 10.6 Å². The molecular formula is C22H42N2O. The third-order valence-electron chi connectivity index (χ3n) is 5.24. The quantitative estimate of drug-likeness (QED) is 0.321. The molecule has 0 bridgehead atoms. The number of amides is 1. The summed E-state index contributed by atoms with van der Waals surface area (Å²) in [5.41, 5.74) is 1.20. The van der Waals surface area contributed by atoms with Crippen molar-refractivity contribution in [3.05, 3.63) is 12.2 Å². The molecule has 146 valence electrons. The van der Waals surface area contributed by atoms with Gasteiger partial charge in [0, 0.05) is 6.54 Å². The lowest BCUT2D eigenvalue weighted by atomic mass is 10.0. The predicted octanol–water partition coefficient (Wildman–Crippen LogP) is 5.50. The summed E-state index contributed by atoms with van der Waals surface area (Å²) in [6.45, 7) is 8.08. The van der Waals surface area contributed by atoms with Gasteiger partial charge >= 0.3 is 0 Å². The Labute approximate surface area is 156 Å². The first kappa shape index (κ1) is 22.2. The number of carbonyl (C=O) groups excluding carboxylic acids is 1. The van der Waals surface area contributed by atoms with Gasteiger partial charge in [-0.15, -0.1) is 0 Å². The van der Waals surface area contributed by atoms with Crippen LogP contribution in [0.25, 0.3) is 0 Å². The lowest BCUT2D eigenvalue weighted by molar-refractivity contribution is -0.123. The highest BCUT2D eigenvalue weighted by molar-refractivity contribution is 5.82. The second-order valence-corrected chi connectivity index (χ2v) is 7.74. The number of nitrogens with one attached hydrogen (secondary N) is 2. The molecule has 0 aliphatic carbocycles. The Morgan fingerprint density at radius 2 is 1.56 bits per heavy atom. The fourth-order valence-electron chi connectivity index (χ4n) is 3.56. The molecule has 1 unspecified atom stereocenters. The highest BCUT2D eigenvalue weighted by atomic mass is 16.2. The van der Waals surface area contributed by atoms with E-state index in [1.165, 1.54) is 76.2 Å². The maximum absolute atomic E-state index is 12.2. The SMILES string of the molecule is C=C1CCCNC(C(=O)NCCCCCCCCCCCCCC)C1. The molecule has 2 N–H and O–H groups in total. The average molecular weight is 351 g/mol. The monoisotopic (exact) mass is 350 g/mol. The van der Waals surface area contributed by atoms with Gasteiger partial charge in [0.05, 0.1) is 6.04 Å². The summed E-state index contributed by atoms with van der Waals surface area (Å²) in [6, 6.07) is -0.0627. The van der Waals surface area contributed by atoms with Crippen LogP contribution < -0.4 is 10.6 Å². The molecule has 1 rings (SSSR count). The van der Waals surface area contributed by atoms with Gasteiger partial charge in [0.1, 0.15) is 0 Å². The smallest absolute Gasteiger partial charge is 0.237 e. The summed E-state index contributed by atoms with van der Waals surface area (Å²) in [5, 5.41) is 6.43. The Bertz CT molecular complexity index is 354. The molecule has 3 nitrogen and oxygen atoms in total. The second-order valence-electron chi connectivity index (χ2n) is 7.74. The zero-order chi connectivity index (χ0) is 18.2. The van der Waals surface area contributed by atoms with Crippen molar-refractivity contribution < 1.29 is 4.79 Å². The minimum atomic E-state index is -0.0627. The first-order chi connectivity index (χ1) is 12.2. The van der Waals surface area contributed by atoms with E-state index < -0.39 is 0 Å². The van der Waals surface area contributed by atoms with E-state index in [9.17, 15) is 4.79 Å². The number of carbonyl (C=O) groups is 1. The Morgan fingerprint density at radius 1 is 1.00 bits per heavy atom. The number of hydrogen-bond donors (Lipinski definition) is 2. The third-order valence-corrected chi connectivity index (χ3v) is 5.24. The molecule has 1 fully saturated rings. The highest BCUT2D eigenvalue weighted by Crippen LogP contribution is 2.14. The predicted molar refractivity (Wildman–Crippen MR) is 109 cm³/mol. The minimum absolute atomic E-state index is 0.0627. The fraction of sp³-hybridized carbons (Fsp3) is 0.864. The molecule has 1 atom stereocenters. The lowest BCUT2D eigenvalue weighted by Gasteiger charge is -2.16. The van der Waals surface area contributed by atoms with E-state index in [4.69, 9.17) is 0 Å². The summed E-state index contributed by atoms with van der Waals surface area (Å²) in [5.74, 6) is 0.158. The number of unbranched alkanes of at least 4 members (excludes halogenated alkanes) is 11. The van der Waals surface area contributed by atoms with Crippen LogP contribution in [0.5, 0.6) is 0 Å². The van der Waals surface area contributed by atoms with E-state index in [1.54, 1.807) is 0 Å². The van der Waals surface area contributed by atoms with E-state index >= 15 is 0 Å². The van der Waals surface area contributed by atoms with Crippen LogP contribution in [0.3, 0.4) is 0 Å². The van der Waals surface area contributed by atoms with Gasteiger partial charge in [0.2, 0.25) is 5.91 Å². The molecule has 1 amide bonds. The van der Waals surface area contributed by atoms with Gasteiger partial charge in [0.15, 0.2) is 0 Å². The van der Waals surface area contributed by atoms with Crippen molar-refractivity contribution >= 4 is 5.91 Å².